The van der Waals surface area contributed by atoms with Gasteiger partial charge in [0.25, 0.3) is 0 Å². The minimum absolute atomic E-state index is 0. The number of guanidine groups is 1. The molecule has 2 atom stereocenters. The number of aliphatic imine (C=N–C) groups is 1. The van der Waals surface area contributed by atoms with Crippen LogP contribution >= 0.6 is 24.0 Å². The van der Waals surface area contributed by atoms with Crippen molar-refractivity contribution >= 4 is 36.0 Å². The predicted molar refractivity (Wildman–Crippen MR) is 128 cm³/mol. The Bertz CT molecular complexity index is 436. The second kappa shape index (κ2) is 16.1. The summed E-state index contributed by atoms with van der Waals surface area (Å²) in [5.41, 5.74) is -0.488. The average Bonchev–Trinajstić information content (AvgIpc) is 2.56. The van der Waals surface area contributed by atoms with E-state index in [1.54, 1.807) is 11.9 Å². The molecule has 0 spiro atoms. The maximum atomic E-state index is 12.1. The molecule has 0 bridgehead atoms. The number of carbonyl (C=O) groups is 1. The molecule has 1 amide bonds. The van der Waals surface area contributed by atoms with E-state index < -0.39 is 5.60 Å². The molecule has 8 heteroatoms. The molecule has 0 saturated heterocycles. The van der Waals surface area contributed by atoms with E-state index in [9.17, 15) is 9.90 Å². The lowest BCUT2D eigenvalue weighted by atomic mass is 10.0. The molecule has 0 aliphatic rings. The summed E-state index contributed by atoms with van der Waals surface area (Å²) in [6.45, 7) is 14.9. The average molecular weight is 514 g/mol. The Morgan fingerprint density at radius 3 is 2.36 bits per heavy atom. The Morgan fingerprint density at radius 1 is 1.21 bits per heavy atom. The van der Waals surface area contributed by atoms with Crippen molar-refractivity contribution in [1.82, 2.24) is 15.5 Å². The van der Waals surface area contributed by atoms with Gasteiger partial charge in [-0.05, 0) is 52.4 Å². The molecule has 0 aliphatic carbocycles. The zero-order chi connectivity index (χ0) is 20.9. The number of carbonyl (C=O) groups excluding carboxylic acids is 1. The van der Waals surface area contributed by atoms with Gasteiger partial charge in [0.15, 0.2) is 5.96 Å². The van der Waals surface area contributed by atoms with Crippen LogP contribution in [-0.2, 0) is 4.74 Å². The first-order valence-electron chi connectivity index (χ1n) is 10.2. The van der Waals surface area contributed by atoms with Gasteiger partial charge in [0.2, 0.25) is 0 Å². The van der Waals surface area contributed by atoms with E-state index in [0.29, 0.717) is 19.0 Å². The Labute approximate surface area is 189 Å². The quantitative estimate of drug-likeness (QED) is 0.223. The summed E-state index contributed by atoms with van der Waals surface area (Å²) in [7, 11) is 1.75. The Balaban J connectivity index is 0. The van der Waals surface area contributed by atoms with E-state index in [4.69, 9.17) is 4.74 Å². The first-order valence-corrected chi connectivity index (χ1v) is 10.2. The number of hydrogen-bond acceptors (Lipinski definition) is 4. The van der Waals surface area contributed by atoms with Crippen molar-refractivity contribution in [3.63, 3.8) is 0 Å². The van der Waals surface area contributed by atoms with E-state index in [2.05, 4.69) is 29.5 Å². The first-order chi connectivity index (χ1) is 12.6. The maximum absolute atomic E-state index is 12.1. The van der Waals surface area contributed by atoms with E-state index in [1.165, 1.54) is 0 Å². The molecule has 3 N–H and O–H groups in total. The Morgan fingerprint density at radius 2 is 1.86 bits per heavy atom. The predicted octanol–water partition coefficient (Wildman–Crippen LogP) is 3.46. The standard InChI is InChI=1S/C20H42N4O3.HI/c1-8-10-17(11-12-25)14-23-18(21-9-2)22-13-16(3)15-24(7)19(26)27-20(4,5)6;/h16-17,25H,8-15H2,1-7H3,(H2,21,22,23);1H. The maximum Gasteiger partial charge on any atom is 0.410 e. The van der Waals surface area contributed by atoms with E-state index in [0.717, 1.165) is 38.3 Å². The lowest BCUT2D eigenvalue weighted by Crippen LogP contribution is -2.41. The molecule has 0 rings (SSSR count). The largest absolute Gasteiger partial charge is 0.444 e. The summed E-state index contributed by atoms with van der Waals surface area (Å²) in [5, 5.41) is 15.8. The van der Waals surface area contributed by atoms with Gasteiger partial charge in [0.05, 0.1) is 0 Å². The molecule has 28 heavy (non-hydrogen) atoms. The second-order valence-corrected chi connectivity index (χ2v) is 8.23. The number of aliphatic hydroxyl groups is 1. The van der Waals surface area contributed by atoms with Crippen molar-refractivity contribution in [2.24, 2.45) is 16.8 Å². The number of halogens is 1. The van der Waals surface area contributed by atoms with Gasteiger partial charge in [-0.15, -0.1) is 24.0 Å². The first kappa shape index (κ1) is 29.4. The van der Waals surface area contributed by atoms with E-state index >= 15 is 0 Å². The van der Waals surface area contributed by atoms with E-state index in [-0.39, 0.29) is 42.6 Å². The van der Waals surface area contributed by atoms with Crippen molar-refractivity contribution in [2.45, 2.75) is 66.4 Å². The van der Waals surface area contributed by atoms with Gasteiger partial charge in [-0.3, -0.25) is 4.99 Å². The van der Waals surface area contributed by atoms with Gasteiger partial charge in [-0.25, -0.2) is 4.79 Å². The lowest BCUT2D eigenvalue weighted by Gasteiger charge is -2.26. The molecule has 0 aromatic carbocycles. The minimum Gasteiger partial charge on any atom is -0.444 e. The lowest BCUT2D eigenvalue weighted by molar-refractivity contribution is 0.0279. The minimum atomic E-state index is -0.488. The molecule has 0 heterocycles. The van der Waals surface area contributed by atoms with Gasteiger partial charge >= 0.3 is 6.09 Å². The van der Waals surface area contributed by atoms with Crippen LogP contribution in [-0.4, -0.2) is 67.5 Å². The molecule has 0 aromatic heterocycles. The zero-order valence-electron chi connectivity index (χ0n) is 18.9. The molecule has 7 nitrogen and oxygen atoms in total. The van der Waals surface area contributed by atoms with Crippen LogP contribution in [0, 0.1) is 11.8 Å². The number of hydrogen-bond donors (Lipinski definition) is 3. The summed E-state index contributed by atoms with van der Waals surface area (Å²) in [5.74, 6) is 1.43. The Kier molecular flexibility index (Phi) is 16.9. The molecule has 0 aliphatic heterocycles. The number of ether oxygens (including phenoxy) is 1. The van der Waals surface area contributed by atoms with Gasteiger partial charge < -0.3 is 25.4 Å². The highest BCUT2D eigenvalue weighted by Crippen LogP contribution is 2.11. The van der Waals surface area contributed by atoms with E-state index in [1.807, 2.05) is 27.7 Å². The third-order valence-electron chi connectivity index (χ3n) is 3.99. The monoisotopic (exact) mass is 514 g/mol. The smallest absolute Gasteiger partial charge is 0.410 e. The molecular weight excluding hydrogens is 471 g/mol. The number of aliphatic hydroxyl groups excluding tert-OH is 1. The summed E-state index contributed by atoms with van der Waals surface area (Å²) in [6.07, 6.45) is 2.69. The van der Waals surface area contributed by atoms with Crippen LogP contribution in [0.2, 0.25) is 0 Å². The van der Waals surface area contributed by atoms with Crippen LogP contribution in [0.1, 0.15) is 60.8 Å². The highest BCUT2D eigenvalue weighted by Gasteiger charge is 2.20. The highest BCUT2D eigenvalue weighted by atomic mass is 127. The van der Waals surface area contributed by atoms with Crippen molar-refractivity contribution in [1.29, 1.82) is 0 Å². The normalized spacial score (nSPS) is 13.9. The molecule has 0 fully saturated rings. The molecule has 168 valence electrons. The zero-order valence-corrected chi connectivity index (χ0v) is 21.2. The fourth-order valence-corrected chi connectivity index (χ4v) is 2.71. The summed E-state index contributed by atoms with van der Waals surface area (Å²) in [6, 6.07) is 0. The van der Waals surface area contributed by atoms with Gasteiger partial charge in [-0.2, -0.15) is 0 Å². The summed E-state index contributed by atoms with van der Waals surface area (Å²) < 4.78 is 5.38. The number of amides is 1. The summed E-state index contributed by atoms with van der Waals surface area (Å²) >= 11 is 0. The fourth-order valence-electron chi connectivity index (χ4n) is 2.71. The highest BCUT2D eigenvalue weighted by molar-refractivity contribution is 14.0. The van der Waals surface area contributed by atoms with Crippen molar-refractivity contribution in [3.05, 3.63) is 0 Å². The Hall–Kier alpha value is -0.770. The van der Waals surface area contributed by atoms with Gasteiger partial charge in [0.1, 0.15) is 5.60 Å². The van der Waals surface area contributed by atoms with Gasteiger partial charge in [-0.1, -0.05) is 20.3 Å². The molecule has 2 unspecified atom stereocenters. The molecular formula is C20H43IN4O3. The SMILES string of the molecule is CCCC(CCO)CNC(=NCC(C)CN(C)C(=O)OC(C)(C)C)NCC.I. The van der Waals surface area contributed by atoms with Gasteiger partial charge in [0, 0.05) is 39.8 Å². The number of rotatable bonds is 11. The third kappa shape index (κ3) is 15.2. The molecule has 0 aromatic rings. The van der Waals surface area contributed by atoms with Crippen LogP contribution in [0.25, 0.3) is 0 Å². The number of nitrogens with zero attached hydrogens (tertiary/aromatic N) is 2. The van der Waals surface area contributed by atoms with Crippen LogP contribution in [0.5, 0.6) is 0 Å². The van der Waals surface area contributed by atoms with Crippen LogP contribution in [0.15, 0.2) is 4.99 Å². The van der Waals surface area contributed by atoms with Crippen molar-refractivity contribution in [3.8, 4) is 0 Å². The van der Waals surface area contributed by atoms with Crippen molar-refractivity contribution in [2.75, 3.05) is 39.8 Å². The fraction of sp³-hybridized carbons (Fsp3) is 0.900. The van der Waals surface area contributed by atoms with Crippen LogP contribution in [0.3, 0.4) is 0 Å². The topological polar surface area (TPSA) is 86.2 Å². The molecule has 0 radical (unpaired) electrons. The molecule has 0 saturated carbocycles. The number of nitrogens with one attached hydrogen (secondary N) is 2. The second-order valence-electron chi connectivity index (χ2n) is 8.23. The third-order valence-corrected chi connectivity index (χ3v) is 3.99. The van der Waals surface area contributed by atoms with Crippen molar-refractivity contribution < 1.29 is 14.6 Å². The van der Waals surface area contributed by atoms with Crippen LogP contribution in [0.4, 0.5) is 4.79 Å². The summed E-state index contributed by atoms with van der Waals surface area (Å²) in [4.78, 5) is 18.3. The van der Waals surface area contributed by atoms with Crippen LogP contribution < -0.4 is 10.6 Å².